The average molecular weight is 255 g/mol. The molecule has 6 heteroatoms. The highest BCUT2D eigenvalue weighted by molar-refractivity contribution is 5.76. The van der Waals surface area contributed by atoms with Crippen molar-refractivity contribution in [1.82, 2.24) is 15.5 Å². The number of carbonyl (C=O) groups excluding carboxylic acids is 1. The van der Waals surface area contributed by atoms with Crippen molar-refractivity contribution in [3.05, 3.63) is 11.7 Å². The maximum Gasteiger partial charge on any atom is 0.227 e. The molecule has 0 radical (unpaired) electrons. The minimum Gasteiger partial charge on any atom is -0.394 e. The molecule has 0 aromatic carbocycles. The van der Waals surface area contributed by atoms with Gasteiger partial charge >= 0.3 is 0 Å². The Labute approximate surface area is 107 Å². The Hall–Kier alpha value is -1.43. The summed E-state index contributed by atoms with van der Waals surface area (Å²) < 4.78 is 5.03. The lowest BCUT2D eigenvalue weighted by atomic mass is 10.2. The molecule has 0 aliphatic heterocycles. The number of hydrogen-bond donors (Lipinski definition) is 2. The fourth-order valence-electron chi connectivity index (χ4n) is 1.51. The molecule has 1 aromatic heterocycles. The molecule has 1 atom stereocenters. The first kappa shape index (κ1) is 14.6. The molecule has 1 aromatic rings. The van der Waals surface area contributed by atoms with Gasteiger partial charge in [0, 0.05) is 19.3 Å². The number of aryl methyl sites for hydroxylation is 2. The molecule has 0 spiro atoms. The lowest BCUT2D eigenvalue weighted by molar-refractivity contribution is -0.122. The average Bonchev–Trinajstić information content (AvgIpc) is 2.82. The Morgan fingerprint density at radius 2 is 2.22 bits per heavy atom. The minimum absolute atomic E-state index is 0.0382. The maximum absolute atomic E-state index is 11.6. The van der Waals surface area contributed by atoms with Gasteiger partial charge in [-0.1, -0.05) is 19.0 Å². The second-order valence-electron chi connectivity index (χ2n) is 4.21. The van der Waals surface area contributed by atoms with Crippen LogP contribution in [0.15, 0.2) is 4.52 Å². The Morgan fingerprint density at radius 1 is 1.44 bits per heavy atom. The molecule has 1 heterocycles. The molecular formula is C12H21N3O3. The van der Waals surface area contributed by atoms with E-state index < -0.39 is 0 Å². The number of nitrogens with one attached hydrogen (secondary N) is 1. The number of rotatable bonds is 8. The topological polar surface area (TPSA) is 88.2 Å². The summed E-state index contributed by atoms with van der Waals surface area (Å²) in [6.45, 7) is 3.92. The van der Waals surface area contributed by atoms with E-state index in [9.17, 15) is 4.79 Å². The smallest absolute Gasteiger partial charge is 0.227 e. The van der Waals surface area contributed by atoms with Crippen LogP contribution in [-0.4, -0.2) is 33.8 Å². The lowest BCUT2D eigenvalue weighted by Crippen LogP contribution is -2.37. The molecule has 0 bridgehead atoms. The number of amides is 1. The molecule has 18 heavy (non-hydrogen) atoms. The number of aromatic nitrogens is 2. The minimum atomic E-state index is -0.171. The van der Waals surface area contributed by atoms with Crippen LogP contribution < -0.4 is 5.32 Å². The Morgan fingerprint density at radius 3 is 2.83 bits per heavy atom. The van der Waals surface area contributed by atoms with Crippen LogP contribution in [-0.2, 0) is 17.6 Å². The van der Waals surface area contributed by atoms with Crippen molar-refractivity contribution < 1.29 is 14.4 Å². The molecule has 1 rings (SSSR count). The fourth-order valence-corrected chi connectivity index (χ4v) is 1.51. The molecule has 0 saturated carbocycles. The number of carbonyl (C=O) groups is 1. The zero-order valence-electron chi connectivity index (χ0n) is 11.0. The van der Waals surface area contributed by atoms with E-state index in [1.807, 2.05) is 13.8 Å². The van der Waals surface area contributed by atoms with Gasteiger partial charge in [-0.3, -0.25) is 4.79 Å². The number of hydrogen-bond acceptors (Lipinski definition) is 5. The van der Waals surface area contributed by atoms with E-state index in [-0.39, 0.29) is 18.6 Å². The second kappa shape index (κ2) is 7.81. The fraction of sp³-hybridized carbons (Fsp3) is 0.750. The van der Waals surface area contributed by atoms with Crippen LogP contribution in [0.5, 0.6) is 0 Å². The van der Waals surface area contributed by atoms with Crippen LogP contribution in [0.3, 0.4) is 0 Å². The highest BCUT2D eigenvalue weighted by Crippen LogP contribution is 2.03. The quantitative estimate of drug-likeness (QED) is 0.718. The molecule has 1 unspecified atom stereocenters. The highest BCUT2D eigenvalue weighted by atomic mass is 16.5. The first-order chi connectivity index (χ1) is 8.69. The molecule has 0 aliphatic rings. The van der Waals surface area contributed by atoms with Crippen LogP contribution in [0, 0.1) is 0 Å². The number of aliphatic hydroxyl groups is 1. The summed E-state index contributed by atoms with van der Waals surface area (Å²) in [5.41, 5.74) is 0. The van der Waals surface area contributed by atoms with Gasteiger partial charge in [-0.05, 0) is 12.8 Å². The summed E-state index contributed by atoms with van der Waals surface area (Å²) in [6.07, 6.45) is 3.20. The summed E-state index contributed by atoms with van der Waals surface area (Å²) in [6, 6.07) is -0.171. The van der Waals surface area contributed by atoms with Crippen LogP contribution >= 0.6 is 0 Å². The SMILES string of the molecule is CCCc1noc(CCC(=O)NC(CC)CO)n1. The van der Waals surface area contributed by atoms with Gasteiger partial charge < -0.3 is 14.9 Å². The zero-order chi connectivity index (χ0) is 13.4. The molecule has 102 valence electrons. The van der Waals surface area contributed by atoms with Gasteiger partial charge in [0.1, 0.15) is 0 Å². The standard InChI is InChI=1S/C12H21N3O3/c1-3-5-10-14-12(18-15-10)7-6-11(17)13-9(4-2)8-16/h9,16H,3-8H2,1-2H3,(H,13,17). The molecule has 1 amide bonds. The van der Waals surface area contributed by atoms with Crippen LogP contribution in [0.25, 0.3) is 0 Å². The van der Waals surface area contributed by atoms with Gasteiger partial charge in [-0.15, -0.1) is 0 Å². The van der Waals surface area contributed by atoms with Crippen molar-refractivity contribution in [3.8, 4) is 0 Å². The van der Waals surface area contributed by atoms with E-state index in [0.29, 0.717) is 31.0 Å². The van der Waals surface area contributed by atoms with Gasteiger partial charge in [0.2, 0.25) is 11.8 Å². The number of nitrogens with zero attached hydrogens (tertiary/aromatic N) is 2. The third kappa shape index (κ3) is 4.83. The number of aliphatic hydroxyl groups excluding tert-OH is 1. The third-order valence-corrected chi connectivity index (χ3v) is 2.63. The predicted octanol–water partition coefficient (Wildman–Crippen LogP) is 0.842. The molecule has 0 fully saturated rings. The summed E-state index contributed by atoms with van der Waals surface area (Å²) in [7, 11) is 0. The zero-order valence-corrected chi connectivity index (χ0v) is 11.0. The van der Waals surface area contributed by atoms with E-state index in [4.69, 9.17) is 9.63 Å². The predicted molar refractivity (Wildman–Crippen MR) is 65.9 cm³/mol. The van der Waals surface area contributed by atoms with E-state index in [1.54, 1.807) is 0 Å². The van der Waals surface area contributed by atoms with Crippen molar-refractivity contribution in [2.24, 2.45) is 0 Å². The van der Waals surface area contributed by atoms with Gasteiger partial charge in [-0.2, -0.15) is 4.98 Å². The summed E-state index contributed by atoms with van der Waals surface area (Å²) in [4.78, 5) is 15.7. The third-order valence-electron chi connectivity index (χ3n) is 2.63. The summed E-state index contributed by atoms with van der Waals surface area (Å²) in [5.74, 6) is 1.08. The van der Waals surface area contributed by atoms with Gasteiger partial charge in [0.05, 0.1) is 12.6 Å². The summed E-state index contributed by atoms with van der Waals surface area (Å²) in [5, 5.41) is 15.5. The first-order valence-electron chi connectivity index (χ1n) is 6.41. The van der Waals surface area contributed by atoms with Crippen molar-refractivity contribution in [2.75, 3.05) is 6.61 Å². The maximum atomic E-state index is 11.6. The second-order valence-corrected chi connectivity index (χ2v) is 4.21. The van der Waals surface area contributed by atoms with Crippen molar-refractivity contribution in [3.63, 3.8) is 0 Å². The lowest BCUT2D eigenvalue weighted by Gasteiger charge is -2.13. The van der Waals surface area contributed by atoms with Crippen molar-refractivity contribution >= 4 is 5.91 Å². The molecule has 0 saturated heterocycles. The molecular weight excluding hydrogens is 234 g/mol. The Balaban J connectivity index is 2.32. The van der Waals surface area contributed by atoms with Gasteiger partial charge in [0.15, 0.2) is 5.82 Å². The Bertz CT molecular complexity index is 361. The van der Waals surface area contributed by atoms with E-state index in [1.165, 1.54) is 0 Å². The van der Waals surface area contributed by atoms with Crippen molar-refractivity contribution in [2.45, 2.75) is 52.0 Å². The normalized spacial score (nSPS) is 12.4. The van der Waals surface area contributed by atoms with E-state index in [2.05, 4.69) is 15.5 Å². The van der Waals surface area contributed by atoms with Gasteiger partial charge in [-0.25, -0.2) is 0 Å². The van der Waals surface area contributed by atoms with Crippen LogP contribution in [0.2, 0.25) is 0 Å². The van der Waals surface area contributed by atoms with Gasteiger partial charge in [0.25, 0.3) is 0 Å². The van der Waals surface area contributed by atoms with Crippen molar-refractivity contribution in [1.29, 1.82) is 0 Å². The summed E-state index contributed by atoms with van der Waals surface area (Å²) >= 11 is 0. The van der Waals surface area contributed by atoms with E-state index >= 15 is 0 Å². The largest absolute Gasteiger partial charge is 0.394 e. The highest BCUT2D eigenvalue weighted by Gasteiger charge is 2.11. The first-order valence-corrected chi connectivity index (χ1v) is 6.41. The molecule has 6 nitrogen and oxygen atoms in total. The molecule has 2 N–H and O–H groups in total. The Kier molecular flexibility index (Phi) is 6.35. The molecule has 0 aliphatic carbocycles. The van der Waals surface area contributed by atoms with E-state index in [0.717, 1.165) is 12.8 Å². The van der Waals surface area contributed by atoms with Crippen LogP contribution in [0.1, 0.15) is 44.8 Å². The monoisotopic (exact) mass is 255 g/mol. The van der Waals surface area contributed by atoms with Crippen LogP contribution in [0.4, 0.5) is 0 Å².